The van der Waals surface area contributed by atoms with E-state index >= 15 is 0 Å². The molecule has 1 fully saturated rings. The van der Waals surface area contributed by atoms with Crippen LogP contribution in [0, 0.1) is 12.8 Å². The van der Waals surface area contributed by atoms with Gasteiger partial charge in [-0.15, -0.1) is 0 Å². The number of piperidine rings is 1. The third kappa shape index (κ3) is 4.05. The lowest BCUT2D eigenvalue weighted by molar-refractivity contribution is -0.123. The molecule has 0 saturated carbocycles. The minimum absolute atomic E-state index is 0.0451. The van der Waals surface area contributed by atoms with Crippen molar-refractivity contribution in [3.05, 3.63) is 64.7 Å². The van der Waals surface area contributed by atoms with Crippen molar-refractivity contribution in [2.24, 2.45) is 16.6 Å². The van der Waals surface area contributed by atoms with Crippen LogP contribution in [0.5, 0.6) is 0 Å². The number of benzene rings is 2. The van der Waals surface area contributed by atoms with Crippen molar-refractivity contribution in [2.45, 2.75) is 32.2 Å². The third-order valence-corrected chi connectivity index (χ3v) is 6.06. The molecular weight excluding hydrogens is 400 g/mol. The zero-order valence-electron chi connectivity index (χ0n) is 16.9. The van der Waals surface area contributed by atoms with E-state index in [1.54, 1.807) is 11.0 Å². The van der Waals surface area contributed by atoms with Gasteiger partial charge in [-0.1, -0.05) is 41.9 Å². The Morgan fingerprint density at radius 3 is 2.50 bits per heavy atom. The zero-order chi connectivity index (χ0) is 21.3. The highest BCUT2D eigenvalue weighted by Gasteiger charge is 2.40. The van der Waals surface area contributed by atoms with Gasteiger partial charge in [0.05, 0.1) is 5.69 Å². The predicted octanol–water partition coefficient (Wildman–Crippen LogP) is 3.16. The predicted molar refractivity (Wildman–Crippen MR) is 119 cm³/mol. The van der Waals surface area contributed by atoms with Crippen molar-refractivity contribution in [1.82, 2.24) is 4.90 Å². The SMILES string of the molecule is Cc1cc(Cl)ccc1N1C(=O)C(Cc2ccccc2)N=C1N1CCC(C(N)=O)CC1. The first kappa shape index (κ1) is 20.4. The number of amides is 2. The number of aryl methyl sites for hydroxylation is 1. The maximum atomic E-state index is 13.5. The average molecular weight is 425 g/mol. The number of primary amides is 1. The van der Waals surface area contributed by atoms with Crippen LogP contribution < -0.4 is 10.6 Å². The molecule has 7 heteroatoms. The molecule has 1 unspecified atom stereocenters. The van der Waals surface area contributed by atoms with E-state index in [0.29, 0.717) is 43.3 Å². The maximum Gasteiger partial charge on any atom is 0.259 e. The topological polar surface area (TPSA) is 79.0 Å². The average Bonchev–Trinajstić information content (AvgIpc) is 3.05. The van der Waals surface area contributed by atoms with E-state index in [1.165, 1.54) is 0 Å². The van der Waals surface area contributed by atoms with Crippen molar-refractivity contribution in [1.29, 1.82) is 0 Å². The lowest BCUT2D eigenvalue weighted by Gasteiger charge is -2.35. The second-order valence-corrected chi connectivity index (χ2v) is 8.34. The number of halogens is 1. The molecule has 6 nitrogen and oxygen atoms in total. The molecule has 2 aromatic rings. The number of aliphatic imine (C=N–C) groups is 1. The van der Waals surface area contributed by atoms with Crippen LogP contribution in [0.25, 0.3) is 0 Å². The molecule has 1 atom stereocenters. The van der Waals surface area contributed by atoms with Gasteiger partial charge in [-0.2, -0.15) is 0 Å². The summed E-state index contributed by atoms with van der Waals surface area (Å²) in [6, 6.07) is 14.9. The van der Waals surface area contributed by atoms with Gasteiger partial charge in [-0.25, -0.2) is 9.89 Å². The lowest BCUT2D eigenvalue weighted by atomic mass is 9.96. The first-order chi connectivity index (χ1) is 14.4. The third-order valence-electron chi connectivity index (χ3n) is 5.83. The molecule has 0 aliphatic carbocycles. The van der Waals surface area contributed by atoms with Gasteiger partial charge in [0, 0.05) is 30.5 Å². The summed E-state index contributed by atoms with van der Waals surface area (Å²) < 4.78 is 0. The number of nitrogens with two attached hydrogens (primary N) is 1. The molecule has 30 heavy (non-hydrogen) atoms. The van der Waals surface area contributed by atoms with E-state index in [2.05, 4.69) is 4.90 Å². The van der Waals surface area contributed by atoms with Crippen LogP contribution in [-0.4, -0.2) is 41.8 Å². The summed E-state index contributed by atoms with van der Waals surface area (Å²) in [7, 11) is 0. The number of carbonyl (C=O) groups excluding carboxylic acids is 2. The summed E-state index contributed by atoms with van der Waals surface area (Å²) in [5.41, 5.74) is 8.25. The van der Waals surface area contributed by atoms with E-state index in [0.717, 1.165) is 16.8 Å². The summed E-state index contributed by atoms with van der Waals surface area (Å²) in [5.74, 6) is 0.224. The number of hydrogen-bond donors (Lipinski definition) is 1. The number of anilines is 1. The molecule has 2 aromatic carbocycles. The standard InChI is InChI=1S/C23H25ClN4O2/c1-15-13-18(24)7-8-20(15)28-22(30)19(14-16-5-3-2-4-6-16)26-23(28)27-11-9-17(10-12-27)21(25)29/h2-8,13,17,19H,9-12,14H2,1H3,(H2,25,29). The second-order valence-electron chi connectivity index (χ2n) is 7.90. The Hall–Kier alpha value is -2.86. The Balaban J connectivity index is 1.65. The number of guanidine groups is 1. The van der Waals surface area contributed by atoms with Crippen LogP contribution in [0.3, 0.4) is 0 Å². The molecular formula is C23H25ClN4O2. The summed E-state index contributed by atoms with van der Waals surface area (Å²) in [6.07, 6.45) is 1.88. The van der Waals surface area contributed by atoms with Gasteiger partial charge < -0.3 is 10.6 Å². The van der Waals surface area contributed by atoms with E-state index in [4.69, 9.17) is 22.3 Å². The van der Waals surface area contributed by atoms with E-state index in [9.17, 15) is 9.59 Å². The van der Waals surface area contributed by atoms with Gasteiger partial charge in [0.1, 0.15) is 6.04 Å². The van der Waals surface area contributed by atoms with Crippen LogP contribution >= 0.6 is 11.6 Å². The molecule has 2 amide bonds. The zero-order valence-corrected chi connectivity index (χ0v) is 17.7. The fourth-order valence-electron chi connectivity index (χ4n) is 4.15. The molecule has 4 rings (SSSR count). The van der Waals surface area contributed by atoms with E-state index in [-0.39, 0.29) is 17.7 Å². The summed E-state index contributed by atoms with van der Waals surface area (Å²) in [6.45, 7) is 3.22. The fraction of sp³-hybridized carbons (Fsp3) is 0.348. The minimum atomic E-state index is -0.480. The van der Waals surface area contributed by atoms with E-state index in [1.807, 2.05) is 49.4 Å². The van der Waals surface area contributed by atoms with Gasteiger partial charge in [-0.05, 0) is 49.1 Å². The van der Waals surface area contributed by atoms with Crippen LogP contribution in [-0.2, 0) is 16.0 Å². The van der Waals surface area contributed by atoms with E-state index < -0.39 is 6.04 Å². The first-order valence-electron chi connectivity index (χ1n) is 10.2. The van der Waals surface area contributed by atoms with Gasteiger partial charge in [0.2, 0.25) is 11.9 Å². The molecule has 0 aromatic heterocycles. The van der Waals surface area contributed by atoms with Crippen molar-refractivity contribution < 1.29 is 9.59 Å². The van der Waals surface area contributed by atoms with Gasteiger partial charge in [0.15, 0.2) is 0 Å². The van der Waals surface area contributed by atoms with Crippen molar-refractivity contribution >= 4 is 35.1 Å². The molecule has 156 valence electrons. The number of nitrogens with zero attached hydrogens (tertiary/aromatic N) is 3. The first-order valence-corrected chi connectivity index (χ1v) is 10.6. The highest BCUT2D eigenvalue weighted by Crippen LogP contribution is 2.31. The Morgan fingerprint density at radius 1 is 1.17 bits per heavy atom. The number of carbonyl (C=O) groups is 2. The maximum absolute atomic E-state index is 13.5. The lowest BCUT2D eigenvalue weighted by Crippen LogP contribution is -2.49. The van der Waals surface area contributed by atoms with Crippen molar-refractivity contribution in [3.63, 3.8) is 0 Å². The number of likely N-dealkylation sites (tertiary alicyclic amines) is 1. The van der Waals surface area contributed by atoms with Crippen LogP contribution in [0.15, 0.2) is 53.5 Å². The van der Waals surface area contributed by atoms with Crippen LogP contribution in [0.1, 0.15) is 24.0 Å². The summed E-state index contributed by atoms with van der Waals surface area (Å²) in [4.78, 5) is 33.7. The molecule has 0 radical (unpaired) electrons. The van der Waals surface area contributed by atoms with Crippen LogP contribution in [0.4, 0.5) is 5.69 Å². The summed E-state index contributed by atoms with van der Waals surface area (Å²) >= 11 is 6.14. The van der Waals surface area contributed by atoms with Gasteiger partial charge in [-0.3, -0.25) is 9.59 Å². The smallest absolute Gasteiger partial charge is 0.259 e. The van der Waals surface area contributed by atoms with Crippen molar-refractivity contribution in [3.8, 4) is 0 Å². The second kappa shape index (κ2) is 8.48. The van der Waals surface area contributed by atoms with Gasteiger partial charge >= 0.3 is 0 Å². The Kier molecular flexibility index (Phi) is 5.77. The fourth-order valence-corrected chi connectivity index (χ4v) is 4.38. The minimum Gasteiger partial charge on any atom is -0.369 e. The molecule has 1 saturated heterocycles. The van der Waals surface area contributed by atoms with Gasteiger partial charge in [0.25, 0.3) is 5.91 Å². The Morgan fingerprint density at radius 2 is 1.87 bits per heavy atom. The normalized spacial score (nSPS) is 19.9. The molecule has 2 aliphatic heterocycles. The highest BCUT2D eigenvalue weighted by molar-refractivity contribution is 6.31. The highest BCUT2D eigenvalue weighted by atomic mass is 35.5. The molecule has 2 aliphatic rings. The molecule has 2 N–H and O–H groups in total. The molecule has 0 spiro atoms. The monoisotopic (exact) mass is 424 g/mol. The molecule has 2 heterocycles. The summed E-state index contributed by atoms with van der Waals surface area (Å²) in [5, 5.41) is 0.629. The largest absolute Gasteiger partial charge is 0.369 e. The Labute approximate surface area is 181 Å². The Bertz CT molecular complexity index is 984. The van der Waals surface area contributed by atoms with Crippen LogP contribution in [0.2, 0.25) is 5.02 Å². The molecule has 0 bridgehead atoms. The van der Waals surface area contributed by atoms with Crippen molar-refractivity contribution in [2.75, 3.05) is 18.0 Å². The number of rotatable bonds is 4. The quantitative estimate of drug-likeness (QED) is 0.818. The number of hydrogen-bond acceptors (Lipinski definition) is 4.